The number of para-hydroxylation sites is 1. The van der Waals surface area contributed by atoms with Crippen molar-refractivity contribution < 1.29 is 13.7 Å². The molecule has 2 aromatic heterocycles. The fourth-order valence-corrected chi connectivity index (χ4v) is 3.33. The van der Waals surface area contributed by atoms with Crippen LogP contribution in [0.5, 0.6) is 0 Å². The molecule has 3 heterocycles. The van der Waals surface area contributed by atoms with Gasteiger partial charge in [0, 0.05) is 30.7 Å². The highest BCUT2D eigenvalue weighted by molar-refractivity contribution is 5.80. The third kappa shape index (κ3) is 3.07. The monoisotopic (exact) mass is 327 g/mol. The minimum absolute atomic E-state index is 0.0313. The van der Waals surface area contributed by atoms with Crippen LogP contribution in [0.15, 0.2) is 39.5 Å². The van der Waals surface area contributed by atoms with E-state index < -0.39 is 0 Å². The number of ether oxygens (including phenoxy) is 1. The Morgan fingerprint density at radius 3 is 2.88 bits per heavy atom. The average molecular weight is 327 g/mol. The van der Waals surface area contributed by atoms with Gasteiger partial charge >= 0.3 is 0 Å². The molecule has 0 amide bonds. The molecule has 1 atom stereocenters. The number of furan rings is 1. The van der Waals surface area contributed by atoms with Crippen LogP contribution in [0.4, 0.5) is 0 Å². The summed E-state index contributed by atoms with van der Waals surface area (Å²) < 4.78 is 16.6. The van der Waals surface area contributed by atoms with Crippen LogP contribution in [-0.2, 0) is 11.3 Å². The first-order valence-electron chi connectivity index (χ1n) is 8.38. The van der Waals surface area contributed by atoms with Crippen LogP contribution in [0, 0.1) is 12.8 Å². The molecule has 0 bridgehead atoms. The van der Waals surface area contributed by atoms with E-state index in [1.807, 2.05) is 31.4 Å². The Bertz CT molecular complexity index is 805. The van der Waals surface area contributed by atoms with Crippen molar-refractivity contribution in [2.45, 2.75) is 32.4 Å². The van der Waals surface area contributed by atoms with E-state index in [0.717, 1.165) is 42.6 Å². The summed E-state index contributed by atoms with van der Waals surface area (Å²) in [6.45, 7) is 4.10. The Labute approximate surface area is 140 Å². The summed E-state index contributed by atoms with van der Waals surface area (Å²) in [4.78, 5) is 4.44. The van der Waals surface area contributed by atoms with E-state index in [0.29, 0.717) is 24.2 Å². The van der Waals surface area contributed by atoms with E-state index in [1.165, 1.54) is 0 Å². The molecule has 1 unspecified atom stereocenters. The van der Waals surface area contributed by atoms with Gasteiger partial charge in [-0.1, -0.05) is 23.4 Å². The predicted molar refractivity (Wildman–Crippen MR) is 88.4 cm³/mol. The van der Waals surface area contributed by atoms with Crippen molar-refractivity contribution in [3.63, 3.8) is 0 Å². The number of aromatic nitrogens is 2. The molecule has 24 heavy (non-hydrogen) atoms. The van der Waals surface area contributed by atoms with Crippen molar-refractivity contribution in [1.82, 2.24) is 15.5 Å². The van der Waals surface area contributed by atoms with E-state index in [1.54, 1.807) is 0 Å². The zero-order chi connectivity index (χ0) is 16.4. The lowest BCUT2D eigenvalue weighted by molar-refractivity contribution is 0.0485. The van der Waals surface area contributed by atoms with Gasteiger partial charge in [0.2, 0.25) is 5.89 Å². The number of benzene rings is 1. The lowest BCUT2D eigenvalue weighted by atomic mass is 9.91. The van der Waals surface area contributed by atoms with Gasteiger partial charge in [-0.15, -0.1) is 0 Å². The first kappa shape index (κ1) is 15.4. The Morgan fingerprint density at radius 1 is 1.25 bits per heavy atom. The Morgan fingerprint density at radius 2 is 2.08 bits per heavy atom. The maximum Gasteiger partial charge on any atom is 0.244 e. The first-order chi connectivity index (χ1) is 11.8. The average Bonchev–Trinajstić information content (AvgIpc) is 3.23. The summed E-state index contributed by atoms with van der Waals surface area (Å²) in [5.74, 6) is 1.75. The molecule has 0 spiro atoms. The van der Waals surface area contributed by atoms with Gasteiger partial charge in [0.05, 0.1) is 12.3 Å². The minimum Gasteiger partial charge on any atom is -0.464 e. The normalized spacial score (nSPS) is 17.4. The lowest BCUT2D eigenvalue weighted by Gasteiger charge is -2.28. The zero-order valence-corrected chi connectivity index (χ0v) is 13.7. The van der Waals surface area contributed by atoms with Crippen LogP contribution in [0.3, 0.4) is 0 Å². The molecule has 6 heteroatoms. The molecule has 4 rings (SSSR count). The maximum absolute atomic E-state index is 5.63. The number of hydrogen-bond donors (Lipinski definition) is 1. The van der Waals surface area contributed by atoms with Crippen LogP contribution < -0.4 is 5.32 Å². The fraction of sp³-hybridized carbons (Fsp3) is 0.444. The van der Waals surface area contributed by atoms with Crippen LogP contribution in [0.25, 0.3) is 11.0 Å². The molecule has 1 aliphatic rings. The zero-order valence-electron chi connectivity index (χ0n) is 13.7. The molecular formula is C18H21N3O3. The Balaban J connectivity index is 1.55. The van der Waals surface area contributed by atoms with Gasteiger partial charge in [0.15, 0.2) is 5.82 Å². The second-order valence-corrected chi connectivity index (χ2v) is 6.25. The molecule has 126 valence electrons. The smallest absolute Gasteiger partial charge is 0.244 e. The van der Waals surface area contributed by atoms with Crippen molar-refractivity contribution in [3.05, 3.63) is 47.8 Å². The minimum atomic E-state index is 0.0313. The van der Waals surface area contributed by atoms with E-state index in [4.69, 9.17) is 13.7 Å². The third-order valence-electron chi connectivity index (χ3n) is 4.62. The summed E-state index contributed by atoms with van der Waals surface area (Å²) in [6, 6.07) is 8.10. The van der Waals surface area contributed by atoms with Crippen LogP contribution in [0.1, 0.15) is 36.2 Å². The SMILES string of the molecule is Cc1noc(C(NCc2coc3ccccc23)C2CCOCC2)n1. The fourth-order valence-electron chi connectivity index (χ4n) is 3.33. The molecule has 1 N–H and O–H groups in total. The Kier molecular flexibility index (Phi) is 4.32. The van der Waals surface area contributed by atoms with Gasteiger partial charge in [0.25, 0.3) is 0 Å². The van der Waals surface area contributed by atoms with Gasteiger partial charge in [-0.3, -0.25) is 0 Å². The molecule has 1 aliphatic heterocycles. The standard InChI is InChI=1S/C18H21N3O3/c1-12-20-18(24-21-12)17(13-6-8-22-9-7-13)19-10-14-11-23-16-5-3-2-4-15(14)16/h2-5,11,13,17,19H,6-10H2,1H3. The van der Waals surface area contributed by atoms with Gasteiger partial charge in [-0.25, -0.2) is 0 Å². The van der Waals surface area contributed by atoms with Crippen molar-refractivity contribution in [2.75, 3.05) is 13.2 Å². The maximum atomic E-state index is 5.63. The second kappa shape index (κ2) is 6.75. The number of aryl methyl sites for hydroxylation is 1. The third-order valence-corrected chi connectivity index (χ3v) is 4.62. The van der Waals surface area contributed by atoms with Crippen molar-refractivity contribution in [1.29, 1.82) is 0 Å². The van der Waals surface area contributed by atoms with E-state index in [9.17, 15) is 0 Å². The van der Waals surface area contributed by atoms with Gasteiger partial charge in [-0.2, -0.15) is 4.98 Å². The molecule has 0 aliphatic carbocycles. The van der Waals surface area contributed by atoms with Gasteiger partial charge in [-0.05, 0) is 31.7 Å². The summed E-state index contributed by atoms with van der Waals surface area (Å²) in [5, 5.41) is 8.69. The summed E-state index contributed by atoms with van der Waals surface area (Å²) >= 11 is 0. The van der Waals surface area contributed by atoms with Crippen LogP contribution in [0.2, 0.25) is 0 Å². The van der Waals surface area contributed by atoms with Crippen LogP contribution in [-0.4, -0.2) is 23.4 Å². The molecule has 0 saturated carbocycles. The number of nitrogens with one attached hydrogen (secondary N) is 1. The second-order valence-electron chi connectivity index (χ2n) is 6.25. The predicted octanol–water partition coefficient (Wildman–Crippen LogP) is 3.38. The number of fused-ring (bicyclic) bond motifs is 1. The molecule has 1 saturated heterocycles. The molecule has 1 fully saturated rings. The van der Waals surface area contributed by atoms with E-state index >= 15 is 0 Å². The van der Waals surface area contributed by atoms with Crippen molar-refractivity contribution in [3.8, 4) is 0 Å². The summed E-state index contributed by atoms with van der Waals surface area (Å²) in [6.07, 6.45) is 3.80. The molecule has 0 radical (unpaired) electrons. The van der Waals surface area contributed by atoms with E-state index in [-0.39, 0.29) is 6.04 Å². The quantitative estimate of drug-likeness (QED) is 0.774. The van der Waals surface area contributed by atoms with Gasteiger partial charge in [0.1, 0.15) is 5.58 Å². The number of nitrogens with zero attached hydrogens (tertiary/aromatic N) is 2. The highest BCUT2D eigenvalue weighted by Crippen LogP contribution is 2.30. The molecular weight excluding hydrogens is 306 g/mol. The molecule has 3 aromatic rings. The van der Waals surface area contributed by atoms with Gasteiger partial charge < -0.3 is 19.0 Å². The largest absolute Gasteiger partial charge is 0.464 e. The Hall–Kier alpha value is -2.18. The van der Waals surface area contributed by atoms with Crippen molar-refractivity contribution in [2.24, 2.45) is 5.92 Å². The summed E-state index contributed by atoms with van der Waals surface area (Å²) in [5.41, 5.74) is 2.05. The highest BCUT2D eigenvalue weighted by atomic mass is 16.5. The number of rotatable bonds is 5. The number of hydrogen-bond acceptors (Lipinski definition) is 6. The van der Waals surface area contributed by atoms with E-state index in [2.05, 4.69) is 21.5 Å². The van der Waals surface area contributed by atoms with Crippen LogP contribution >= 0.6 is 0 Å². The lowest BCUT2D eigenvalue weighted by Crippen LogP contribution is -2.32. The highest BCUT2D eigenvalue weighted by Gasteiger charge is 2.29. The summed E-state index contributed by atoms with van der Waals surface area (Å²) in [7, 11) is 0. The first-order valence-corrected chi connectivity index (χ1v) is 8.38. The molecule has 6 nitrogen and oxygen atoms in total. The topological polar surface area (TPSA) is 73.3 Å². The van der Waals surface area contributed by atoms with Crippen molar-refractivity contribution >= 4 is 11.0 Å². The molecule has 1 aromatic carbocycles.